The van der Waals surface area contributed by atoms with Gasteiger partial charge in [0.15, 0.2) is 12.2 Å². The fourth-order valence-corrected chi connectivity index (χ4v) is 12.2. The van der Waals surface area contributed by atoms with Gasteiger partial charge in [0.05, 0.1) is 26.4 Å². The third-order valence-electron chi connectivity index (χ3n) is 17.0. The summed E-state index contributed by atoms with van der Waals surface area (Å²) in [4.78, 5) is 73.2. The molecule has 0 aliphatic carbocycles. The van der Waals surface area contributed by atoms with Crippen LogP contribution in [0, 0.1) is 0 Å². The van der Waals surface area contributed by atoms with Crippen molar-refractivity contribution in [2.45, 2.75) is 341 Å². The van der Waals surface area contributed by atoms with Crippen LogP contribution in [0.15, 0.2) is 158 Å². The summed E-state index contributed by atoms with van der Waals surface area (Å²) in [6, 6.07) is 0. The fourth-order valence-electron chi connectivity index (χ4n) is 10.7. The van der Waals surface area contributed by atoms with Crippen LogP contribution in [0.25, 0.3) is 0 Å². The van der Waals surface area contributed by atoms with E-state index in [0.717, 1.165) is 205 Å². The molecule has 5 atom stereocenters. The van der Waals surface area contributed by atoms with Crippen LogP contribution in [0.5, 0.6) is 0 Å². The molecule has 0 rings (SSSR count). The van der Waals surface area contributed by atoms with Gasteiger partial charge in [-0.15, -0.1) is 0 Å². The number of allylic oxidation sites excluding steroid dienone is 26. The summed E-state index contributed by atoms with van der Waals surface area (Å²) in [6.45, 7) is 4.52. The van der Waals surface area contributed by atoms with E-state index < -0.39 is 97.5 Å². The molecule has 0 fully saturated rings. The van der Waals surface area contributed by atoms with Crippen LogP contribution in [-0.4, -0.2) is 96.7 Å². The molecule has 0 amide bonds. The number of aliphatic hydroxyl groups is 1. The summed E-state index contributed by atoms with van der Waals surface area (Å²) in [5.74, 6) is -2.26. The van der Waals surface area contributed by atoms with E-state index in [4.69, 9.17) is 37.0 Å². The summed E-state index contributed by atoms with van der Waals surface area (Å²) < 4.78 is 68.7. The average Bonchev–Trinajstić information content (AvgIpc) is 0.923. The molecule has 19 heteroatoms. The third-order valence-corrected chi connectivity index (χ3v) is 18.9. The largest absolute Gasteiger partial charge is 0.472 e. The summed E-state index contributed by atoms with van der Waals surface area (Å²) in [5, 5.41) is 10.7. The second-order valence-electron chi connectivity index (χ2n) is 27.3. The first-order valence-corrected chi connectivity index (χ1v) is 44.7. The number of carbonyl (C=O) groups is 4. The lowest BCUT2D eigenvalue weighted by Crippen LogP contribution is -2.30. The molecule has 0 aliphatic rings. The summed E-state index contributed by atoms with van der Waals surface area (Å²) in [6.07, 6.45) is 93.5. The molecule has 108 heavy (non-hydrogen) atoms. The molecule has 17 nitrogen and oxygen atoms in total. The number of aliphatic hydroxyl groups excluding tert-OH is 1. The van der Waals surface area contributed by atoms with Crippen LogP contribution in [0.1, 0.15) is 323 Å². The van der Waals surface area contributed by atoms with Gasteiger partial charge in [-0.3, -0.25) is 37.3 Å². The maximum Gasteiger partial charge on any atom is 0.472 e. The molecule has 3 N–H and O–H groups in total. The summed E-state index contributed by atoms with van der Waals surface area (Å²) in [5.41, 5.74) is 0. The highest BCUT2D eigenvalue weighted by atomic mass is 31.2. The molecule has 0 bridgehead atoms. The Morgan fingerprint density at radius 3 is 0.750 bits per heavy atom. The number of phosphoric acid groups is 2. The predicted molar refractivity (Wildman–Crippen MR) is 445 cm³/mol. The first-order valence-electron chi connectivity index (χ1n) is 41.7. The van der Waals surface area contributed by atoms with E-state index in [-0.39, 0.29) is 25.7 Å². The second kappa shape index (κ2) is 79.8. The Labute approximate surface area is 655 Å². The number of unbranched alkanes of at least 4 members (excludes halogenated alkanes) is 25. The highest BCUT2D eigenvalue weighted by Gasteiger charge is 2.30. The Balaban J connectivity index is 5.44. The Kier molecular flexibility index (Phi) is 75.8. The van der Waals surface area contributed by atoms with E-state index in [2.05, 4.69) is 186 Å². The fraction of sp³-hybridized carbons (Fsp3) is 0.663. The quantitative estimate of drug-likeness (QED) is 0.0169. The van der Waals surface area contributed by atoms with Gasteiger partial charge in [-0.2, -0.15) is 0 Å². The minimum Gasteiger partial charge on any atom is -0.462 e. The molecule has 0 heterocycles. The standard InChI is InChI=1S/C89H148O17P2/c1-5-9-13-17-21-25-29-33-37-39-41-43-47-49-53-57-61-65-69-73-86(91)99-79-84(105-88(93)75-71-67-63-59-55-51-45-35-31-27-23-19-15-11-7-3)81-103-107(95,96)101-77-83(90)78-102-108(97,98)104-82-85(106-89(94)76-72-68-64-60-56-52-46-36-32-28-24-20-16-12-8-4)80-100-87(92)74-70-66-62-58-54-50-48-44-42-40-38-34-30-26-22-18-14-10-6-2/h9,12-13,16,21-28,33-38,41-46,49,53,83-85,90H,5-8,10-11,14-15,17-20,29-32,39-40,47-48,50-52,54-82H2,1-4H3,(H,95,96)(H,97,98)/b13-9-,16-12-,25-21-,26-22-,27-23-,28-24-,37-33-,38-34-,43-41-,44-42-,45-35-,46-36-,53-49-. The van der Waals surface area contributed by atoms with Gasteiger partial charge in [-0.25, -0.2) is 9.13 Å². The molecule has 0 saturated heterocycles. The van der Waals surface area contributed by atoms with Crippen LogP contribution in [0.2, 0.25) is 0 Å². The molecular weight excluding hydrogens is 1400 g/mol. The first kappa shape index (κ1) is 103. The van der Waals surface area contributed by atoms with Crippen LogP contribution < -0.4 is 0 Å². The van der Waals surface area contributed by atoms with Crippen LogP contribution >= 0.6 is 15.6 Å². The number of ether oxygens (including phenoxy) is 4. The predicted octanol–water partition coefficient (Wildman–Crippen LogP) is 24.8. The normalized spacial score (nSPS) is 14.6. The molecular formula is C89H148O17P2. The minimum absolute atomic E-state index is 0.0661. The summed E-state index contributed by atoms with van der Waals surface area (Å²) >= 11 is 0. The molecule has 0 aromatic heterocycles. The van der Waals surface area contributed by atoms with Crippen molar-refractivity contribution in [3.8, 4) is 0 Å². The topological polar surface area (TPSA) is 237 Å². The Morgan fingerprint density at radius 1 is 0.269 bits per heavy atom. The highest BCUT2D eigenvalue weighted by Crippen LogP contribution is 2.45. The third kappa shape index (κ3) is 78.8. The Hall–Kier alpha value is -5.32. The second-order valence-corrected chi connectivity index (χ2v) is 30.2. The maximum atomic E-state index is 13.1. The molecule has 616 valence electrons. The van der Waals surface area contributed by atoms with Crippen molar-refractivity contribution in [1.29, 1.82) is 0 Å². The molecule has 0 radical (unpaired) electrons. The smallest absolute Gasteiger partial charge is 0.462 e. The first-order chi connectivity index (χ1) is 52.7. The highest BCUT2D eigenvalue weighted by molar-refractivity contribution is 7.47. The van der Waals surface area contributed by atoms with E-state index in [0.29, 0.717) is 25.7 Å². The van der Waals surface area contributed by atoms with Gasteiger partial charge in [-0.05, 0) is 173 Å². The number of hydrogen-bond acceptors (Lipinski definition) is 15. The number of esters is 4. The van der Waals surface area contributed by atoms with Gasteiger partial charge < -0.3 is 33.8 Å². The molecule has 5 unspecified atom stereocenters. The maximum absolute atomic E-state index is 13.1. The number of phosphoric ester groups is 2. The van der Waals surface area contributed by atoms with Crippen molar-refractivity contribution < 1.29 is 80.2 Å². The van der Waals surface area contributed by atoms with Gasteiger partial charge in [0.2, 0.25) is 0 Å². The van der Waals surface area contributed by atoms with Crippen molar-refractivity contribution in [2.75, 3.05) is 39.6 Å². The van der Waals surface area contributed by atoms with Crippen molar-refractivity contribution in [1.82, 2.24) is 0 Å². The number of hydrogen-bond donors (Lipinski definition) is 3. The van der Waals surface area contributed by atoms with E-state index in [9.17, 15) is 43.2 Å². The van der Waals surface area contributed by atoms with E-state index >= 15 is 0 Å². The zero-order chi connectivity index (χ0) is 78.9. The van der Waals surface area contributed by atoms with E-state index in [1.807, 2.05) is 0 Å². The lowest BCUT2D eigenvalue weighted by atomic mass is 10.1. The lowest BCUT2D eigenvalue weighted by Gasteiger charge is -2.21. The molecule has 0 spiro atoms. The zero-order valence-corrected chi connectivity index (χ0v) is 69.3. The van der Waals surface area contributed by atoms with Crippen LogP contribution in [0.3, 0.4) is 0 Å². The molecule has 0 aromatic carbocycles. The van der Waals surface area contributed by atoms with Crippen molar-refractivity contribution >= 4 is 39.5 Å². The Bertz CT molecular complexity index is 2660. The van der Waals surface area contributed by atoms with Crippen molar-refractivity contribution in [3.63, 3.8) is 0 Å². The van der Waals surface area contributed by atoms with E-state index in [1.54, 1.807) is 0 Å². The number of rotatable bonds is 77. The molecule has 0 aliphatic heterocycles. The monoisotopic (exact) mass is 1550 g/mol. The van der Waals surface area contributed by atoms with Crippen molar-refractivity contribution in [2.24, 2.45) is 0 Å². The Morgan fingerprint density at radius 2 is 0.481 bits per heavy atom. The van der Waals surface area contributed by atoms with Gasteiger partial charge >= 0.3 is 39.5 Å². The summed E-state index contributed by atoms with van der Waals surface area (Å²) in [7, 11) is -10.00. The van der Waals surface area contributed by atoms with Crippen LogP contribution in [0.4, 0.5) is 0 Å². The average molecular weight is 1550 g/mol. The van der Waals surface area contributed by atoms with Gasteiger partial charge in [0.1, 0.15) is 19.3 Å². The minimum atomic E-state index is -5.00. The van der Waals surface area contributed by atoms with Gasteiger partial charge in [0.25, 0.3) is 0 Å². The molecule has 0 aromatic rings. The van der Waals surface area contributed by atoms with Gasteiger partial charge in [0, 0.05) is 25.7 Å². The van der Waals surface area contributed by atoms with E-state index in [1.165, 1.54) is 38.5 Å². The SMILES string of the molecule is CC/C=C\C/C=C\C/C=C\C/C=C\C/C=C\CCCCCC(=O)OCC(COP(=O)(O)OCC(O)COP(=O)(O)OCC(COC(=O)CCCCCCCC/C=C\C/C=C\C/C=C\CCCCC)OC(=O)CCCCCCC/C=C\C/C=C\C/C=C\CC)OC(=O)CCCCCCC/C=C\C/C=C\CCCCC. The van der Waals surface area contributed by atoms with Crippen LogP contribution in [-0.2, 0) is 65.4 Å². The lowest BCUT2D eigenvalue weighted by molar-refractivity contribution is -0.161. The zero-order valence-electron chi connectivity index (χ0n) is 67.5. The molecule has 0 saturated carbocycles. The van der Waals surface area contributed by atoms with Crippen molar-refractivity contribution in [3.05, 3.63) is 158 Å². The van der Waals surface area contributed by atoms with Gasteiger partial charge in [-0.1, -0.05) is 282 Å². The number of carbonyl (C=O) groups excluding carboxylic acids is 4.